The van der Waals surface area contributed by atoms with Crippen molar-refractivity contribution in [1.29, 1.82) is 0 Å². The van der Waals surface area contributed by atoms with Gasteiger partial charge in [-0.1, -0.05) is 455 Å². The van der Waals surface area contributed by atoms with Crippen LogP contribution >= 0.6 is 0 Å². The molecule has 0 saturated heterocycles. The van der Waals surface area contributed by atoms with E-state index in [1.54, 1.807) is 0 Å². The Hall–Kier alpha value is -15.9. The zero-order valence-corrected chi connectivity index (χ0v) is 67.2. The predicted molar refractivity (Wildman–Crippen MR) is 526 cm³/mol. The second-order valence-electron chi connectivity index (χ2n) is 31.9. The van der Waals surface area contributed by atoms with E-state index in [1.807, 2.05) is 0 Å². The molecule has 0 unspecified atom stereocenters. The van der Waals surface area contributed by atoms with Crippen LogP contribution in [-0.4, -0.2) is 0 Å². The Morgan fingerprint density at radius 2 is 0.303 bits per heavy atom. The highest BCUT2D eigenvalue weighted by Gasteiger charge is 2.24. The summed E-state index contributed by atoms with van der Waals surface area (Å²) < 4.78 is 0. The molecule has 0 heterocycles. The second kappa shape index (κ2) is 31.5. The average Bonchev–Trinajstić information content (AvgIpc) is 0.733. The van der Waals surface area contributed by atoms with Crippen LogP contribution in [0.5, 0.6) is 0 Å². The molecule has 0 atom stereocenters. The Morgan fingerprint density at radius 3 is 0.680 bits per heavy atom. The first-order chi connectivity index (χ1) is 60.6. The monoisotopic (exact) mass is 1540 g/mol. The van der Waals surface area contributed by atoms with Crippen molar-refractivity contribution >= 4 is 118 Å². The van der Waals surface area contributed by atoms with Crippen molar-refractivity contribution in [1.82, 2.24) is 0 Å². The summed E-state index contributed by atoms with van der Waals surface area (Å²) in [4.78, 5) is 0. The Bertz CT molecular complexity index is 7920. The molecule has 24 rings (SSSR count). The topological polar surface area (TPSA) is 0 Å². The summed E-state index contributed by atoms with van der Waals surface area (Å²) >= 11 is 0. The van der Waals surface area contributed by atoms with Gasteiger partial charge in [-0.05, 0) is 260 Å². The van der Waals surface area contributed by atoms with Crippen LogP contribution in [0.25, 0.3) is 230 Å². The van der Waals surface area contributed by atoms with Gasteiger partial charge < -0.3 is 0 Å². The Labute approximate surface area is 710 Å². The van der Waals surface area contributed by atoms with Gasteiger partial charge in [0.2, 0.25) is 0 Å². The molecule has 0 fully saturated rings. The van der Waals surface area contributed by atoms with Crippen molar-refractivity contribution in [2.45, 2.75) is 0 Å². The molecule has 24 aromatic rings. The van der Waals surface area contributed by atoms with Crippen LogP contribution in [0.1, 0.15) is 0 Å². The van der Waals surface area contributed by atoms with E-state index in [1.165, 1.54) is 230 Å². The van der Waals surface area contributed by atoms with Gasteiger partial charge >= 0.3 is 0 Å². The van der Waals surface area contributed by atoms with Gasteiger partial charge in [0, 0.05) is 0 Å². The molecule has 0 nitrogen and oxygen atoms in total. The molecule has 0 spiro atoms. The minimum Gasteiger partial charge on any atom is -0.0622 e. The van der Waals surface area contributed by atoms with Gasteiger partial charge in [-0.3, -0.25) is 0 Å². The van der Waals surface area contributed by atoms with Crippen LogP contribution in [-0.2, 0) is 0 Å². The first kappa shape index (κ1) is 72.6. The normalized spacial score (nSPS) is 11.4. The molecule has 0 aliphatic heterocycles. The van der Waals surface area contributed by atoms with Crippen molar-refractivity contribution in [3.63, 3.8) is 0 Å². The van der Waals surface area contributed by atoms with Crippen LogP contribution in [0, 0.1) is 0 Å². The molecule has 0 aliphatic carbocycles. The van der Waals surface area contributed by atoms with Crippen molar-refractivity contribution < 1.29 is 0 Å². The first-order valence-corrected chi connectivity index (χ1v) is 42.3. The fraction of sp³-hybridized carbons (Fsp3) is 0. The van der Waals surface area contributed by atoms with Crippen molar-refractivity contribution in [2.75, 3.05) is 0 Å². The largest absolute Gasteiger partial charge is 0.0622 e. The van der Waals surface area contributed by atoms with E-state index in [0.717, 1.165) is 0 Å². The molecular formula is C122H80. The highest BCUT2D eigenvalue weighted by Crippen LogP contribution is 2.51. The summed E-state index contributed by atoms with van der Waals surface area (Å²) in [7, 11) is 0. The van der Waals surface area contributed by atoms with Crippen LogP contribution < -0.4 is 0 Å². The Balaban J connectivity index is 0.000000109. The lowest BCUT2D eigenvalue weighted by molar-refractivity contribution is 1.58. The quantitative estimate of drug-likeness (QED) is 0.120. The summed E-state index contributed by atoms with van der Waals surface area (Å²) in [6, 6.07) is 177. The zero-order chi connectivity index (χ0) is 80.8. The zero-order valence-electron chi connectivity index (χ0n) is 67.2. The second-order valence-corrected chi connectivity index (χ2v) is 31.9. The van der Waals surface area contributed by atoms with E-state index in [2.05, 4.69) is 485 Å². The smallest absolute Gasteiger partial charge is 0.00201 e. The lowest BCUT2D eigenvalue weighted by atomic mass is 9.83. The molecule has 0 aliphatic rings. The van der Waals surface area contributed by atoms with Gasteiger partial charge in [-0.2, -0.15) is 0 Å². The lowest BCUT2D eigenvalue weighted by Crippen LogP contribution is -1.92. The third-order valence-corrected chi connectivity index (χ3v) is 24.9. The van der Waals surface area contributed by atoms with E-state index >= 15 is 0 Å². The van der Waals surface area contributed by atoms with Crippen LogP contribution in [0.15, 0.2) is 485 Å². The lowest BCUT2D eigenvalue weighted by Gasteiger charge is -2.20. The number of fused-ring (bicyclic) bond motifs is 11. The van der Waals surface area contributed by atoms with E-state index in [0.29, 0.717) is 0 Å². The average molecular weight is 1550 g/mol. The first-order valence-electron chi connectivity index (χ1n) is 42.3. The summed E-state index contributed by atoms with van der Waals surface area (Å²) in [5, 5.41) is 28.0. The van der Waals surface area contributed by atoms with Gasteiger partial charge in [0.15, 0.2) is 0 Å². The maximum Gasteiger partial charge on any atom is -0.00201 e. The third-order valence-electron chi connectivity index (χ3n) is 24.9. The molecule has 122 heavy (non-hydrogen) atoms. The van der Waals surface area contributed by atoms with Crippen LogP contribution in [0.4, 0.5) is 0 Å². The van der Waals surface area contributed by atoms with Gasteiger partial charge in [0.05, 0.1) is 0 Å². The fourth-order valence-electron chi connectivity index (χ4n) is 19.4. The SMILES string of the molecule is c1cc(-c2ccc3ccccc3c2)cc(-c2c3ccccc3c(-c3cccc4ccccc34)c3ccccc23)c1.c1ccc(-c2cc(-c3ccccc3)cc(-c3c4ccccc4c(-c4cccc5ccccc45)c4ccccc34)c2)cc1.c1ccc2c(-c3ccc(-c4c5ccccc5c(-c5cccc6ccccc56)c5ccccc45)cc3)cccc2c1. The highest BCUT2D eigenvalue weighted by molar-refractivity contribution is 6.27. The van der Waals surface area contributed by atoms with Gasteiger partial charge in [-0.25, -0.2) is 0 Å². The highest BCUT2D eigenvalue weighted by atomic mass is 14.3. The molecule has 0 saturated carbocycles. The van der Waals surface area contributed by atoms with E-state index < -0.39 is 0 Å². The van der Waals surface area contributed by atoms with Gasteiger partial charge in [-0.15, -0.1) is 0 Å². The molecule has 0 aromatic heterocycles. The third kappa shape index (κ3) is 13.2. The standard InChI is InChI=1S/C42H28.2C40H26/c1-3-14-29(15-4-1)32-26-33(30-16-5-2-6-17-30)28-34(27-32)41-37-21-9-11-23-39(37)42(40-24-12-10-22-38(40)41)36-25-13-19-31-18-7-8-20-35(31)36;1-3-15-31-27(11-1)13-9-21-32(31)29-23-25-30(26-24-29)39-35-17-5-7-19-37(35)40(38-20-8-6-18-36(38)39)34-22-10-14-28-12-2-4-16-33(28)34;1-2-13-29-25-31(24-23-27(29)11-1)30-15-9-16-32(26-30)39-35-18-5-7-20-37(35)40(38-21-8-6-19-36(38)39)34-22-10-14-28-12-3-4-17-33(28)34/h1-28H;2*1-26H. The van der Waals surface area contributed by atoms with Gasteiger partial charge in [0.25, 0.3) is 0 Å². The molecular weight excluding hydrogens is 1470 g/mol. The van der Waals surface area contributed by atoms with E-state index in [9.17, 15) is 0 Å². The molecule has 0 radical (unpaired) electrons. The number of hydrogen-bond donors (Lipinski definition) is 0. The van der Waals surface area contributed by atoms with Gasteiger partial charge in [0.1, 0.15) is 0 Å². The van der Waals surface area contributed by atoms with Crippen LogP contribution in [0.2, 0.25) is 0 Å². The van der Waals surface area contributed by atoms with Crippen molar-refractivity contribution in [3.8, 4) is 111 Å². The number of hydrogen-bond acceptors (Lipinski definition) is 0. The maximum absolute atomic E-state index is 2.37. The molecule has 0 amide bonds. The van der Waals surface area contributed by atoms with Crippen LogP contribution in [0.3, 0.4) is 0 Å². The summed E-state index contributed by atoms with van der Waals surface area (Å²) in [6.07, 6.45) is 0. The molecule has 0 heteroatoms. The van der Waals surface area contributed by atoms with E-state index in [-0.39, 0.29) is 0 Å². The minimum atomic E-state index is 1.22. The van der Waals surface area contributed by atoms with Crippen molar-refractivity contribution in [3.05, 3.63) is 485 Å². The number of rotatable bonds is 10. The molecule has 568 valence electrons. The maximum atomic E-state index is 2.37. The Kier molecular flexibility index (Phi) is 18.8. The van der Waals surface area contributed by atoms with E-state index in [4.69, 9.17) is 0 Å². The fourth-order valence-corrected chi connectivity index (χ4v) is 19.4. The van der Waals surface area contributed by atoms with Crippen molar-refractivity contribution in [2.24, 2.45) is 0 Å². The summed E-state index contributed by atoms with van der Waals surface area (Å²) in [5.74, 6) is 0. The predicted octanol–water partition coefficient (Wildman–Crippen LogP) is 34.4. The summed E-state index contributed by atoms with van der Waals surface area (Å²) in [5.41, 5.74) is 25.2. The Morgan fingerprint density at radius 1 is 0.0820 bits per heavy atom. The minimum absolute atomic E-state index is 1.22. The number of benzene rings is 24. The molecule has 24 aromatic carbocycles. The molecule has 0 bridgehead atoms. The summed E-state index contributed by atoms with van der Waals surface area (Å²) in [6.45, 7) is 0. The molecule has 0 N–H and O–H groups in total.